The van der Waals surface area contributed by atoms with Crippen molar-refractivity contribution in [2.45, 2.75) is 6.54 Å². The number of nitrogens with one attached hydrogen (secondary N) is 1. The summed E-state index contributed by atoms with van der Waals surface area (Å²) in [5.41, 5.74) is 2.61. The zero-order chi connectivity index (χ0) is 21.8. The lowest BCUT2D eigenvalue weighted by Crippen LogP contribution is -2.49. The number of piperazine rings is 1. The second-order valence-corrected chi connectivity index (χ2v) is 8.02. The maximum absolute atomic E-state index is 12.9. The summed E-state index contributed by atoms with van der Waals surface area (Å²) in [4.78, 5) is 38.9. The van der Waals surface area contributed by atoms with Gasteiger partial charge >= 0.3 is 0 Å². The molecule has 4 rings (SSSR count). The number of aromatic nitrogens is 2. The van der Waals surface area contributed by atoms with Gasteiger partial charge in [0.15, 0.2) is 0 Å². The predicted molar refractivity (Wildman–Crippen MR) is 122 cm³/mol. The number of aromatic amines is 1. The van der Waals surface area contributed by atoms with Crippen LogP contribution in [-0.4, -0.2) is 65.9 Å². The van der Waals surface area contributed by atoms with Crippen molar-refractivity contribution in [2.24, 2.45) is 0 Å². The monoisotopic (exact) mass is 417 g/mol. The summed E-state index contributed by atoms with van der Waals surface area (Å²) in [6.07, 6.45) is 1.90. The highest BCUT2D eigenvalue weighted by Crippen LogP contribution is 2.17. The third-order valence-electron chi connectivity index (χ3n) is 5.42. The molecule has 7 heteroatoms. The third kappa shape index (κ3) is 4.83. The minimum absolute atomic E-state index is 0.180. The molecule has 0 atom stereocenters. The van der Waals surface area contributed by atoms with Gasteiger partial charge in [0, 0.05) is 44.6 Å². The summed E-state index contributed by atoms with van der Waals surface area (Å²) in [6.45, 7) is 3.34. The van der Waals surface area contributed by atoms with Gasteiger partial charge in [-0.2, -0.15) is 0 Å². The van der Waals surface area contributed by atoms with Crippen LogP contribution in [0.2, 0.25) is 0 Å². The van der Waals surface area contributed by atoms with E-state index in [9.17, 15) is 9.59 Å². The summed E-state index contributed by atoms with van der Waals surface area (Å²) in [6, 6.07) is 17.1. The van der Waals surface area contributed by atoms with Crippen LogP contribution in [0.25, 0.3) is 11.3 Å². The van der Waals surface area contributed by atoms with E-state index in [0.717, 1.165) is 17.9 Å². The van der Waals surface area contributed by atoms with E-state index in [1.165, 1.54) is 5.56 Å². The molecule has 0 saturated carbocycles. The molecule has 0 aliphatic carbocycles. The van der Waals surface area contributed by atoms with Crippen molar-refractivity contribution in [3.63, 3.8) is 0 Å². The number of amides is 1. The number of hydrogen-bond acceptors (Lipinski definition) is 5. The molecule has 1 aliphatic rings. The largest absolute Gasteiger partial charge is 0.353 e. The molecule has 160 valence electrons. The first-order chi connectivity index (χ1) is 15.0. The number of benzene rings is 1. The number of rotatable bonds is 5. The van der Waals surface area contributed by atoms with Crippen LogP contribution >= 0.6 is 0 Å². The molecule has 0 spiro atoms. The van der Waals surface area contributed by atoms with Crippen molar-refractivity contribution in [3.05, 3.63) is 82.3 Å². The number of anilines is 1. The van der Waals surface area contributed by atoms with E-state index in [1.54, 1.807) is 17.0 Å². The minimum Gasteiger partial charge on any atom is -0.353 e. The number of carbonyl (C=O) groups excluding carboxylic acids is 1. The summed E-state index contributed by atoms with van der Waals surface area (Å²) >= 11 is 0. The quantitative estimate of drug-likeness (QED) is 0.691. The molecule has 1 saturated heterocycles. The molecule has 1 aliphatic heterocycles. The number of H-pyrrole nitrogens is 1. The van der Waals surface area contributed by atoms with Gasteiger partial charge in [-0.05, 0) is 43.4 Å². The average Bonchev–Trinajstić information content (AvgIpc) is 2.79. The van der Waals surface area contributed by atoms with E-state index in [0.29, 0.717) is 31.9 Å². The first-order valence-electron chi connectivity index (χ1n) is 10.4. The second kappa shape index (κ2) is 9.14. The Balaban J connectivity index is 1.40. The van der Waals surface area contributed by atoms with Crippen LogP contribution in [0.15, 0.2) is 65.6 Å². The fraction of sp³-hybridized carbons (Fsp3) is 0.292. The standard InChI is InChI=1S/C24H27N5O2/c1-27(2)17-18-8-11-22(25-16-18)28-12-14-29(15-13-28)24(31)20-9-10-21(26-23(20)30)19-6-4-3-5-7-19/h3-11,16H,12-15,17H2,1-2H3,(H,26,30). The molecule has 1 aromatic carbocycles. The molecule has 1 fully saturated rings. The molecule has 1 amide bonds. The maximum atomic E-state index is 12.9. The number of hydrogen-bond donors (Lipinski definition) is 1. The van der Waals surface area contributed by atoms with Gasteiger partial charge in [-0.25, -0.2) is 4.98 Å². The molecule has 0 bridgehead atoms. The summed E-state index contributed by atoms with van der Waals surface area (Å²) in [5.74, 6) is 0.689. The molecule has 2 aromatic heterocycles. The van der Waals surface area contributed by atoms with Crippen molar-refractivity contribution < 1.29 is 4.79 Å². The van der Waals surface area contributed by atoms with Gasteiger partial charge in [0.2, 0.25) is 0 Å². The number of nitrogens with zero attached hydrogens (tertiary/aromatic N) is 4. The molecule has 1 N–H and O–H groups in total. The number of carbonyl (C=O) groups is 1. The van der Waals surface area contributed by atoms with E-state index in [4.69, 9.17) is 0 Å². The molecular weight excluding hydrogens is 390 g/mol. The van der Waals surface area contributed by atoms with Crippen molar-refractivity contribution in [3.8, 4) is 11.3 Å². The Morgan fingerprint density at radius 1 is 1.00 bits per heavy atom. The van der Waals surface area contributed by atoms with Gasteiger partial charge in [0.05, 0.1) is 0 Å². The van der Waals surface area contributed by atoms with Crippen molar-refractivity contribution in [1.82, 2.24) is 19.8 Å². The normalized spacial score (nSPS) is 14.2. The highest BCUT2D eigenvalue weighted by molar-refractivity contribution is 5.94. The Morgan fingerprint density at radius 2 is 1.74 bits per heavy atom. The van der Waals surface area contributed by atoms with Gasteiger partial charge in [-0.1, -0.05) is 36.4 Å². The Hall–Kier alpha value is -3.45. The molecule has 0 radical (unpaired) electrons. The molecule has 7 nitrogen and oxygen atoms in total. The molecular formula is C24H27N5O2. The first kappa shape index (κ1) is 20.8. The lowest BCUT2D eigenvalue weighted by molar-refractivity contribution is 0.0744. The van der Waals surface area contributed by atoms with Crippen LogP contribution in [0, 0.1) is 0 Å². The fourth-order valence-corrected chi connectivity index (χ4v) is 3.80. The van der Waals surface area contributed by atoms with Crippen molar-refractivity contribution in [2.75, 3.05) is 45.2 Å². The maximum Gasteiger partial charge on any atom is 0.261 e. The Bertz CT molecular complexity index is 1080. The molecule has 3 aromatic rings. The van der Waals surface area contributed by atoms with E-state index in [-0.39, 0.29) is 17.0 Å². The van der Waals surface area contributed by atoms with Crippen LogP contribution in [0.1, 0.15) is 15.9 Å². The zero-order valence-corrected chi connectivity index (χ0v) is 17.9. The SMILES string of the molecule is CN(C)Cc1ccc(N2CCN(C(=O)c3ccc(-c4ccccc4)[nH]c3=O)CC2)nc1. The highest BCUT2D eigenvalue weighted by atomic mass is 16.2. The van der Waals surface area contributed by atoms with E-state index in [2.05, 4.69) is 25.8 Å². The minimum atomic E-state index is -0.355. The molecule has 31 heavy (non-hydrogen) atoms. The number of pyridine rings is 2. The zero-order valence-electron chi connectivity index (χ0n) is 17.9. The lowest BCUT2D eigenvalue weighted by atomic mass is 10.1. The summed E-state index contributed by atoms with van der Waals surface area (Å²) in [5, 5.41) is 0. The van der Waals surface area contributed by atoms with Gasteiger partial charge in [-0.15, -0.1) is 0 Å². The summed E-state index contributed by atoms with van der Waals surface area (Å²) < 4.78 is 0. The van der Waals surface area contributed by atoms with Crippen LogP contribution in [0.3, 0.4) is 0 Å². The van der Waals surface area contributed by atoms with E-state index in [1.807, 2.05) is 56.7 Å². The van der Waals surface area contributed by atoms with Gasteiger partial charge < -0.3 is 19.7 Å². The predicted octanol–water partition coefficient (Wildman–Crippen LogP) is 2.46. The van der Waals surface area contributed by atoms with E-state index < -0.39 is 0 Å². The molecule has 3 heterocycles. The van der Waals surface area contributed by atoms with Gasteiger partial charge in [0.1, 0.15) is 11.4 Å². The highest BCUT2D eigenvalue weighted by Gasteiger charge is 2.24. The van der Waals surface area contributed by atoms with Crippen molar-refractivity contribution in [1.29, 1.82) is 0 Å². The first-order valence-corrected chi connectivity index (χ1v) is 10.4. The fourth-order valence-electron chi connectivity index (χ4n) is 3.80. The topological polar surface area (TPSA) is 72.5 Å². The lowest BCUT2D eigenvalue weighted by Gasteiger charge is -2.35. The van der Waals surface area contributed by atoms with Gasteiger partial charge in [-0.3, -0.25) is 9.59 Å². The Kier molecular flexibility index (Phi) is 6.13. The smallest absolute Gasteiger partial charge is 0.261 e. The summed E-state index contributed by atoms with van der Waals surface area (Å²) in [7, 11) is 4.06. The van der Waals surface area contributed by atoms with Crippen molar-refractivity contribution >= 4 is 11.7 Å². The van der Waals surface area contributed by atoms with Crippen LogP contribution in [0.4, 0.5) is 5.82 Å². The Morgan fingerprint density at radius 3 is 2.35 bits per heavy atom. The second-order valence-electron chi connectivity index (χ2n) is 8.02. The van der Waals surface area contributed by atoms with Gasteiger partial charge in [0.25, 0.3) is 11.5 Å². The average molecular weight is 418 g/mol. The van der Waals surface area contributed by atoms with Crippen LogP contribution in [0.5, 0.6) is 0 Å². The van der Waals surface area contributed by atoms with E-state index >= 15 is 0 Å². The third-order valence-corrected chi connectivity index (χ3v) is 5.42. The van der Waals surface area contributed by atoms with Crippen LogP contribution in [-0.2, 0) is 6.54 Å². The Labute approximate surface area is 182 Å². The van der Waals surface area contributed by atoms with Crippen LogP contribution < -0.4 is 10.5 Å². The molecule has 0 unspecified atom stereocenters.